The van der Waals surface area contributed by atoms with E-state index in [0.717, 1.165) is 0 Å². The molecule has 0 amide bonds. The van der Waals surface area contributed by atoms with Gasteiger partial charge in [0.05, 0.1) is 0 Å². The summed E-state index contributed by atoms with van der Waals surface area (Å²) >= 11 is 0. The molecule has 0 atom stereocenters. The first-order valence-corrected chi connectivity index (χ1v) is 6.80. The van der Waals surface area contributed by atoms with E-state index in [1.54, 1.807) is 0 Å². The van der Waals surface area contributed by atoms with Crippen molar-refractivity contribution in [3.8, 4) is 0 Å². The van der Waals surface area contributed by atoms with E-state index >= 15 is 0 Å². The summed E-state index contributed by atoms with van der Waals surface area (Å²) in [6.07, 6.45) is 10.9. The van der Waals surface area contributed by atoms with Gasteiger partial charge in [-0.15, -0.1) is 0 Å². The average molecular weight is 217 g/mol. The normalized spacial score (nSPS) is 10.6. The van der Waals surface area contributed by atoms with Crippen LogP contribution in [0.15, 0.2) is 18.2 Å². The Bertz CT molecular complexity index is 275. The highest BCUT2D eigenvalue weighted by Crippen LogP contribution is 2.11. The van der Waals surface area contributed by atoms with Crippen molar-refractivity contribution in [3.05, 3.63) is 35.4 Å². The molecule has 0 N–H and O–H groups in total. The molecule has 1 rings (SSSR count). The molecular formula is C16H25. The fraction of sp³-hybridized carbons (Fsp3) is 0.625. The van der Waals surface area contributed by atoms with E-state index < -0.39 is 0 Å². The van der Waals surface area contributed by atoms with Crippen molar-refractivity contribution in [1.29, 1.82) is 0 Å². The second-order valence-corrected chi connectivity index (χ2v) is 4.76. The maximum absolute atomic E-state index is 3.32. The molecule has 0 saturated heterocycles. The first-order chi connectivity index (χ1) is 7.83. The van der Waals surface area contributed by atoms with Crippen LogP contribution in [0.4, 0.5) is 0 Å². The smallest absolute Gasteiger partial charge is 0.0149 e. The van der Waals surface area contributed by atoms with Crippen molar-refractivity contribution in [3.63, 3.8) is 0 Å². The van der Waals surface area contributed by atoms with E-state index in [2.05, 4.69) is 32.0 Å². The minimum Gasteiger partial charge on any atom is -0.0654 e. The van der Waals surface area contributed by atoms with E-state index in [1.165, 1.54) is 62.5 Å². The van der Waals surface area contributed by atoms with Crippen LogP contribution in [0.25, 0.3) is 0 Å². The Morgan fingerprint density at radius 2 is 1.69 bits per heavy atom. The average Bonchev–Trinajstić information content (AvgIpc) is 2.28. The second-order valence-electron chi connectivity index (χ2n) is 4.76. The van der Waals surface area contributed by atoms with E-state index in [-0.39, 0.29) is 0 Å². The Balaban J connectivity index is 2.03. The first kappa shape index (κ1) is 13.3. The predicted octanol–water partition coefficient (Wildman–Crippen LogP) is 5.09. The summed E-state index contributed by atoms with van der Waals surface area (Å²) in [4.78, 5) is 0. The summed E-state index contributed by atoms with van der Waals surface area (Å²) < 4.78 is 0. The fourth-order valence-electron chi connectivity index (χ4n) is 2.06. The van der Waals surface area contributed by atoms with Crippen LogP contribution >= 0.6 is 0 Å². The Hall–Kier alpha value is -0.780. The number of hydrogen-bond acceptors (Lipinski definition) is 0. The Morgan fingerprint density at radius 1 is 1.00 bits per heavy atom. The lowest BCUT2D eigenvalue weighted by atomic mass is 10.0. The van der Waals surface area contributed by atoms with Gasteiger partial charge < -0.3 is 0 Å². The Kier molecular flexibility index (Phi) is 6.96. The van der Waals surface area contributed by atoms with Crippen LogP contribution in [-0.2, 0) is 6.42 Å². The quantitative estimate of drug-likeness (QED) is 0.532. The zero-order valence-electron chi connectivity index (χ0n) is 10.9. The van der Waals surface area contributed by atoms with Crippen LogP contribution in [-0.4, -0.2) is 0 Å². The summed E-state index contributed by atoms with van der Waals surface area (Å²) in [7, 11) is 0. The molecule has 0 bridgehead atoms. The van der Waals surface area contributed by atoms with Crippen LogP contribution in [0.2, 0.25) is 0 Å². The lowest BCUT2D eigenvalue weighted by Crippen LogP contribution is -1.87. The number of rotatable bonds is 8. The molecule has 0 spiro atoms. The van der Waals surface area contributed by atoms with Crippen molar-refractivity contribution in [1.82, 2.24) is 0 Å². The lowest BCUT2D eigenvalue weighted by molar-refractivity contribution is 0.589. The topological polar surface area (TPSA) is 0 Å². The summed E-state index contributed by atoms with van der Waals surface area (Å²) in [6, 6.07) is 9.75. The molecule has 0 aliphatic carbocycles. The van der Waals surface area contributed by atoms with Crippen LogP contribution in [0.3, 0.4) is 0 Å². The van der Waals surface area contributed by atoms with Crippen molar-refractivity contribution < 1.29 is 0 Å². The predicted molar refractivity (Wildman–Crippen MR) is 71.7 cm³/mol. The first-order valence-electron chi connectivity index (χ1n) is 6.80. The van der Waals surface area contributed by atoms with Gasteiger partial charge in [-0.3, -0.25) is 0 Å². The second kappa shape index (κ2) is 8.38. The Labute approximate surface area is 101 Å². The van der Waals surface area contributed by atoms with Gasteiger partial charge in [0.2, 0.25) is 0 Å². The van der Waals surface area contributed by atoms with Gasteiger partial charge in [-0.05, 0) is 31.4 Å². The third-order valence-corrected chi connectivity index (χ3v) is 3.07. The van der Waals surface area contributed by atoms with E-state index in [0.29, 0.717) is 0 Å². The fourth-order valence-corrected chi connectivity index (χ4v) is 2.06. The van der Waals surface area contributed by atoms with Crippen molar-refractivity contribution in [2.24, 2.45) is 0 Å². The van der Waals surface area contributed by atoms with Gasteiger partial charge in [-0.25, -0.2) is 0 Å². The highest BCUT2D eigenvalue weighted by Gasteiger charge is 1.95. The largest absolute Gasteiger partial charge is 0.0654 e. The van der Waals surface area contributed by atoms with E-state index in [4.69, 9.17) is 0 Å². The van der Waals surface area contributed by atoms with Gasteiger partial charge in [-0.1, -0.05) is 69.2 Å². The molecule has 1 aromatic carbocycles. The minimum absolute atomic E-state index is 1.20. The van der Waals surface area contributed by atoms with Crippen LogP contribution in [0, 0.1) is 13.0 Å². The summed E-state index contributed by atoms with van der Waals surface area (Å²) in [5, 5.41) is 0. The van der Waals surface area contributed by atoms with Crippen molar-refractivity contribution in [2.45, 2.75) is 65.2 Å². The molecule has 89 valence electrons. The SMILES string of the molecule is CCCCCCCCCc1[c]ccc(C)c1. The van der Waals surface area contributed by atoms with Crippen molar-refractivity contribution >= 4 is 0 Å². The molecular weight excluding hydrogens is 192 g/mol. The number of aryl methyl sites for hydroxylation is 2. The third-order valence-electron chi connectivity index (χ3n) is 3.07. The lowest BCUT2D eigenvalue weighted by Gasteiger charge is -2.02. The molecule has 0 fully saturated rings. The summed E-state index contributed by atoms with van der Waals surface area (Å²) in [6.45, 7) is 4.43. The van der Waals surface area contributed by atoms with Gasteiger partial charge in [0.25, 0.3) is 0 Å². The maximum Gasteiger partial charge on any atom is -0.0149 e. The molecule has 1 radical (unpaired) electrons. The number of unbranched alkanes of at least 4 members (excludes halogenated alkanes) is 6. The molecule has 0 nitrogen and oxygen atoms in total. The molecule has 0 saturated carbocycles. The number of benzene rings is 1. The molecule has 0 aromatic heterocycles. The van der Waals surface area contributed by atoms with Crippen LogP contribution < -0.4 is 0 Å². The summed E-state index contributed by atoms with van der Waals surface area (Å²) in [5.74, 6) is 0. The third kappa shape index (κ3) is 5.95. The Morgan fingerprint density at radius 3 is 2.38 bits per heavy atom. The van der Waals surface area contributed by atoms with Crippen LogP contribution in [0.5, 0.6) is 0 Å². The minimum atomic E-state index is 1.20. The highest BCUT2D eigenvalue weighted by molar-refractivity contribution is 5.20. The molecule has 0 unspecified atom stereocenters. The standard InChI is InChI=1S/C16H25/c1-3-4-5-6-7-8-9-12-16-13-10-11-15(2)14-16/h10-11,14H,3-9,12H2,1-2H3. The molecule has 0 aliphatic rings. The van der Waals surface area contributed by atoms with Gasteiger partial charge in [0, 0.05) is 0 Å². The molecule has 0 heteroatoms. The molecule has 1 aromatic rings. The zero-order valence-corrected chi connectivity index (χ0v) is 10.9. The van der Waals surface area contributed by atoms with E-state index in [9.17, 15) is 0 Å². The van der Waals surface area contributed by atoms with Gasteiger partial charge >= 0.3 is 0 Å². The highest BCUT2D eigenvalue weighted by atomic mass is 14.0. The molecule has 0 heterocycles. The molecule has 0 aliphatic heterocycles. The van der Waals surface area contributed by atoms with E-state index in [1.807, 2.05) is 6.07 Å². The van der Waals surface area contributed by atoms with Gasteiger partial charge in [0.15, 0.2) is 0 Å². The van der Waals surface area contributed by atoms with Gasteiger partial charge in [0.1, 0.15) is 0 Å². The zero-order chi connectivity index (χ0) is 11.6. The van der Waals surface area contributed by atoms with Gasteiger partial charge in [-0.2, -0.15) is 0 Å². The maximum atomic E-state index is 3.32. The van der Waals surface area contributed by atoms with Crippen LogP contribution in [0.1, 0.15) is 63.0 Å². The van der Waals surface area contributed by atoms with Crippen molar-refractivity contribution in [2.75, 3.05) is 0 Å². The monoisotopic (exact) mass is 217 g/mol. The molecule has 16 heavy (non-hydrogen) atoms. The number of hydrogen-bond donors (Lipinski definition) is 0. The summed E-state index contributed by atoms with van der Waals surface area (Å²) in [5.41, 5.74) is 2.74.